The summed E-state index contributed by atoms with van der Waals surface area (Å²) in [6.07, 6.45) is 1.91. The van der Waals surface area contributed by atoms with Crippen molar-refractivity contribution in [2.24, 2.45) is 0 Å². The van der Waals surface area contributed by atoms with Crippen molar-refractivity contribution in [3.63, 3.8) is 0 Å². The van der Waals surface area contributed by atoms with Gasteiger partial charge in [0.1, 0.15) is 24.1 Å². The summed E-state index contributed by atoms with van der Waals surface area (Å²) in [7, 11) is -1.22. The van der Waals surface area contributed by atoms with E-state index in [-0.39, 0.29) is 23.8 Å². The van der Waals surface area contributed by atoms with Crippen LogP contribution in [0.4, 0.5) is 5.69 Å². The maximum atomic E-state index is 14.6. The van der Waals surface area contributed by atoms with Gasteiger partial charge in [0.2, 0.25) is 11.8 Å². The molecule has 0 aliphatic carbocycles. The maximum Gasteiger partial charge on any atom is 0.264 e. The van der Waals surface area contributed by atoms with Crippen molar-refractivity contribution in [3.8, 4) is 11.5 Å². The second-order valence-corrected chi connectivity index (χ2v) is 14.1. The topological polar surface area (TPSA) is 105 Å². The first kappa shape index (κ1) is 36.5. The molecule has 4 aromatic rings. The molecule has 1 atom stereocenters. The fourth-order valence-corrected chi connectivity index (χ4v) is 7.34. The summed E-state index contributed by atoms with van der Waals surface area (Å²) in [6.45, 7) is 3.89. The standard InChI is InChI=1S/C37H42BrN3O6S/c1-5-6-21-39-37(43)34(23-28-11-8-7-9-12-28)40(25-29-13-10-14-31(22-29)46-3)36(42)26-41(30-17-15-27(2)16-18-30)48(44,45)32-19-20-35(47-4)33(38)24-32/h7-20,22,24,34H,5-6,21,23,25-26H2,1-4H3,(H,39,43)/t34-/m1/s1. The fourth-order valence-electron chi connectivity index (χ4n) is 5.20. The molecular formula is C37H42BrN3O6S. The van der Waals surface area contributed by atoms with Crippen LogP contribution >= 0.6 is 15.9 Å². The molecular weight excluding hydrogens is 694 g/mol. The zero-order chi connectivity index (χ0) is 34.7. The van der Waals surface area contributed by atoms with Gasteiger partial charge in [0.25, 0.3) is 10.0 Å². The molecule has 48 heavy (non-hydrogen) atoms. The smallest absolute Gasteiger partial charge is 0.264 e. The number of ether oxygens (including phenoxy) is 2. The Morgan fingerprint density at radius 2 is 1.58 bits per heavy atom. The number of hydrogen-bond donors (Lipinski definition) is 1. The first-order chi connectivity index (χ1) is 23.1. The highest BCUT2D eigenvalue weighted by molar-refractivity contribution is 9.10. The van der Waals surface area contributed by atoms with Gasteiger partial charge in [-0.3, -0.25) is 13.9 Å². The molecule has 0 bridgehead atoms. The van der Waals surface area contributed by atoms with Crippen molar-refractivity contribution in [2.75, 3.05) is 31.6 Å². The zero-order valence-electron chi connectivity index (χ0n) is 27.7. The molecule has 4 aromatic carbocycles. The first-order valence-electron chi connectivity index (χ1n) is 15.7. The van der Waals surface area contributed by atoms with E-state index in [0.717, 1.165) is 33.8 Å². The summed E-state index contributed by atoms with van der Waals surface area (Å²) in [5, 5.41) is 3.01. The molecule has 0 heterocycles. The number of benzene rings is 4. The molecule has 254 valence electrons. The van der Waals surface area contributed by atoms with Crippen LogP contribution in [0.5, 0.6) is 11.5 Å². The third-order valence-corrected chi connectivity index (χ3v) is 10.3. The molecule has 0 aromatic heterocycles. The maximum absolute atomic E-state index is 14.6. The van der Waals surface area contributed by atoms with Gasteiger partial charge >= 0.3 is 0 Å². The number of nitrogens with zero attached hydrogens (tertiary/aromatic N) is 2. The lowest BCUT2D eigenvalue weighted by Gasteiger charge is -2.34. The summed E-state index contributed by atoms with van der Waals surface area (Å²) in [6, 6.07) is 27.2. The Bertz CT molecular complexity index is 1780. The summed E-state index contributed by atoms with van der Waals surface area (Å²) < 4.78 is 41.0. The van der Waals surface area contributed by atoms with Crippen LogP contribution in [0.25, 0.3) is 0 Å². The molecule has 1 N–H and O–H groups in total. The molecule has 0 saturated carbocycles. The van der Waals surface area contributed by atoms with E-state index in [1.807, 2.05) is 56.3 Å². The van der Waals surface area contributed by atoms with Gasteiger partial charge in [0, 0.05) is 19.5 Å². The Morgan fingerprint density at radius 1 is 0.875 bits per heavy atom. The normalized spacial score (nSPS) is 11.8. The number of halogens is 1. The van der Waals surface area contributed by atoms with E-state index in [4.69, 9.17) is 9.47 Å². The van der Waals surface area contributed by atoms with Gasteiger partial charge in [-0.25, -0.2) is 8.42 Å². The number of unbranched alkanes of at least 4 members (excludes halogenated alkanes) is 1. The lowest BCUT2D eigenvalue weighted by molar-refractivity contribution is -0.140. The number of methoxy groups -OCH3 is 2. The van der Waals surface area contributed by atoms with Crippen molar-refractivity contribution in [3.05, 3.63) is 118 Å². The second-order valence-electron chi connectivity index (χ2n) is 11.4. The Hall–Kier alpha value is -4.35. The number of sulfonamides is 1. The van der Waals surface area contributed by atoms with E-state index in [1.54, 1.807) is 49.6 Å². The quantitative estimate of drug-likeness (QED) is 0.131. The Labute approximate surface area is 292 Å². The molecule has 11 heteroatoms. The van der Waals surface area contributed by atoms with Crippen molar-refractivity contribution in [1.29, 1.82) is 0 Å². The fraction of sp³-hybridized carbons (Fsp3) is 0.297. The summed E-state index contributed by atoms with van der Waals surface area (Å²) in [5.74, 6) is 0.212. The molecule has 0 aliphatic heterocycles. The zero-order valence-corrected chi connectivity index (χ0v) is 30.1. The highest BCUT2D eigenvalue weighted by Gasteiger charge is 2.35. The van der Waals surface area contributed by atoms with Gasteiger partial charge in [-0.1, -0.05) is 73.5 Å². The Balaban J connectivity index is 1.81. The molecule has 0 fully saturated rings. The second kappa shape index (κ2) is 17.2. The molecule has 0 radical (unpaired) electrons. The Morgan fingerprint density at radius 3 is 2.23 bits per heavy atom. The van der Waals surface area contributed by atoms with Crippen LogP contribution in [0.15, 0.2) is 106 Å². The van der Waals surface area contributed by atoms with Crippen molar-refractivity contribution < 1.29 is 27.5 Å². The lowest BCUT2D eigenvalue weighted by Crippen LogP contribution is -2.53. The van der Waals surface area contributed by atoms with Crippen LogP contribution in [0.2, 0.25) is 0 Å². The Kier molecular flexibility index (Phi) is 13.0. The number of hydrogen-bond acceptors (Lipinski definition) is 6. The lowest BCUT2D eigenvalue weighted by atomic mass is 10.0. The van der Waals surface area contributed by atoms with Gasteiger partial charge < -0.3 is 19.7 Å². The molecule has 9 nitrogen and oxygen atoms in total. The van der Waals surface area contributed by atoms with Crippen LogP contribution in [-0.4, -0.2) is 58.5 Å². The van der Waals surface area contributed by atoms with Crippen LogP contribution in [-0.2, 0) is 32.6 Å². The monoisotopic (exact) mass is 735 g/mol. The largest absolute Gasteiger partial charge is 0.497 e. The van der Waals surface area contributed by atoms with Gasteiger partial charge in [-0.05, 0) is 82.9 Å². The molecule has 4 rings (SSSR count). The predicted octanol–water partition coefficient (Wildman–Crippen LogP) is 6.53. The highest BCUT2D eigenvalue weighted by Crippen LogP contribution is 2.31. The number of anilines is 1. The number of rotatable bonds is 16. The van der Waals surface area contributed by atoms with Crippen molar-refractivity contribution in [1.82, 2.24) is 10.2 Å². The number of carbonyl (C=O) groups excluding carboxylic acids is 2. The average Bonchev–Trinajstić information content (AvgIpc) is 3.09. The van der Waals surface area contributed by atoms with Crippen molar-refractivity contribution in [2.45, 2.75) is 50.6 Å². The molecule has 2 amide bonds. The van der Waals surface area contributed by atoms with Crippen LogP contribution in [0.3, 0.4) is 0 Å². The van der Waals surface area contributed by atoms with E-state index in [9.17, 15) is 18.0 Å². The SMILES string of the molecule is CCCCNC(=O)[C@@H](Cc1ccccc1)N(Cc1cccc(OC)c1)C(=O)CN(c1ccc(C)cc1)S(=O)(=O)c1ccc(OC)c(Br)c1. The first-order valence-corrected chi connectivity index (χ1v) is 18.0. The van der Waals surface area contributed by atoms with Gasteiger partial charge in [0.05, 0.1) is 29.3 Å². The minimum Gasteiger partial charge on any atom is -0.497 e. The third-order valence-electron chi connectivity index (χ3n) is 7.90. The molecule has 0 unspecified atom stereocenters. The summed E-state index contributed by atoms with van der Waals surface area (Å²) >= 11 is 3.39. The molecule has 0 aliphatic rings. The number of aryl methyl sites for hydroxylation is 1. The van der Waals surface area contributed by atoms with E-state index in [0.29, 0.717) is 28.2 Å². The highest BCUT2D eigenvalue weighted by atomic mass is 79.9. The number of carbonyl (C=O) groups is 2. The van der Waals surface area contributed by atoms with E-state index in [1.165, 1.54) is 24.1 Å². The minimum atomic E-state index is -4.27. The van der Waals surface area contributed by atoms with Gasteiger partial charge in [0.15, 0.2) is 0 Å². The minimum absolute atomic E-state index is 0.0268. The molecule has 0 spiro atoms. The van der Waals surface area contributed by atoms with Gasteiger partial charge in [-0.2, -0.15) is 0 Å². The van der Waals surface area contributed by atoms with Crippen LogP contribution in [0, 0.1) is 6.92 Å². The van der Waals surface area contributed by atoms with Gasteiger partial charge in [-0.15, -0.1) is 0 Å². The van der Waals surface area contributed by atoms with Crippen LogP contribution in [0.1, 0.15) is 36.5 Å². The summed E-state index contributed by atoms with van der Waals surface area (Å²) in [4.78, 5) is 30.0. The summed E-state index contributed by atoms with van der Waals surface area (Å²) in [5.41, 5.74) is 2.84. The predicted molar refractivity (Wildman–Crippen MR) is 192 cm³/mol. The van der Waals surface area contributed by atoms with Crippen molar-refractivity contribution >= 4 is 43.5 Å². The van der Waals surface area contributed by atoms with Crippen LogP contribution < -0.4 is 19.1 Å². The van der Waals surface area contributed by atoms with E-state index >= 15 is 0 Å². The molecule has 0 saturated heterocycles. The van der Waals surface area contributed by atoms with E-state index < -0.39 is 28.5 Å². The van der Waals surface area contributed by atoms with E-state index in [2.05, 4.69) is 21.2 Å². The average molecular weight is 737 g/mol. The number of amides is 2. The third kappa shape index (κ3) is 9.38. The number of nitrogens with one attached hydrogen (secondary N) is 1.